The average Bonchev–Trinajstić information content (AvgIpc) is 2.51. The van der Waals surface area contributed by atoms with Gasteiger partial charge in [0.25, 0.3) is 6.43 Å². The van der Waals surface area contributed by atoms with Crippen LogP contribution in [0.4, 0.5) is 8.78 Å². The quantitative estimate of drug-likeness (QED) is 0.847. The lowest BCUT2D eigenvalue weighted by molar-refractivity contribution is -0.142. The van der Waals surface area contributed by atoms with Crippen LogP contribution in [0, 0.1) is 0 Å². The van der Waals surface area contributed by atoms with Crippen molar-refractivity contribution in [2.24, 2.45) is 0 Å². The fraction of sp³-hybridized carbons (Fsp3) is 0.571. The number of alkyl halides is 2. The zero-order chi connectivity index (χ0) is 10.9. The van der Waals surface area contributed by atoms with E-state index in [4.69, 9.17) is 5.11 Å². The Bertz CT molecular complexity index is 351. The number of halogens is 2. The second-order valence-electron chi connectivity index (χ2n) is 3.18. The van der Waals surface area contributed by atoms with Gasteiger partial charge in [0.2, 0.25) is 0 Å². The van der Waals surface area contributed by atoms with E-state index in [0.717, 1.165) is 0 Å². The number of hydrogen-bond acceptors (Lipinski definition) is 4. The summed E-state index contributed by atoms with van der Waals surface area (Å²) in [7, 11) is 0. The summed E-state index contributed by atoms with van der Waals surface area (Å²) in [4.78, 5) is 10.8. The Morgan fingerprint density at radius 1 is 1.50 bits per heavy atom. The molecule has 14 heavy (non-hydrogen) atoms. The van der Waals surface area contributed by atoms with Crippen molar-refractivity contribution in [2.45, 2.75) is 25.7 Å². The van der Waals surface area contributed by atoms with Crippen LogP contribution in [0.3, 0.4) is 0 Å². The highest BCUT2D eigenvalue weighted by Gasteiger charge is 2.34. The van der Waals surface area contributed by atoms with Crippen LogP contribution in [0.25, 0.3) is 0 Å². The lowest BCUT2D eigenvalue weighted by atomic mass is 9.95. The first-order valence-corrected chi connectivity index (χ1v) is 4.52. The molecule has 0 amide bonds. The second-order valence-corrected chi connectivity index (χ2v) is 4.19. The van der Waals surface area contributed by atoms with Gasteiger partial charge in [-0.15, -0.1) is 10.2 Å². The molecule has 0 atom stereocenters. The van der Waals surface area contributed by atoms with E-state index < -0.39 is 22.8 Å². The number of rotatable bonds is 3. The molecule has 7 heteroatoms. The van der Waals surface area contributed by atoms with Crippen molar-refractivity contribution >= 4 is 17.3 Å². The normalized spacial score (nSPS) is 12.1. The molecule has 0 fully saturated rings. The maximum atomic E-state index is 12.1. The van der Waals surface area contributed by atoms with Crippen LogP contribution in [0.2, 0.25) is 0 Å². The zero-order valence-corrected chi connectivity index (χ0v) is 8.31. The van der Waals surface area contributed by atoms with Gasteiger partial charge in [0.15, 0.2) is 5.01 Å². The number of aliphatic carboxylic acids is 1. The highest BCUT2D eigenvalue weighted by Crippen LogP contribution is 2.30. The Morgan fingerprint density at radius 2 is 2.07 bits per heavy atom. The molecular formula is C7H8F2N2O2S. The van der Waals surface area contributed by atoms with Crippen molar-refractivity contribution in [1.82, 2.24) is 10.2 Å². The lowest BCUT2D eigenvalue weighted by Crippen LogP contribution is -2.28. The SMILES string of the molecule is CC(C)(C(=O)O)c1nnc(C(F)F)s1. The predicted molar refractivity (Wildman–Crippen MR) is 45.5 cm³/mol. The minimum Gasteiger partial charge on any atom is -0.481 e. The van der Waals surface area contributed by atoms with Gasteiger partial charge in [-0.2, -0.15) is 0 Å². The maximum Gasteiger partial charge on any atom is 0.316 e. The van der Waals surface area contributed by atoms with Gasteiger partial charge in [-0.3, -0.25) is 4.79 Å². The first-order valence-electron chi connectivity index (χ1n) is 3.71. The summed E-state index contributed by atoms with van der Waals surface area (Å²) in [5.41, 5.74) is -1.27. The van der Waals surface area contributed by atoms with Crippen LogP contribution in [0.1, 0.15) is 30.3 Å². The largest absolute Gasteiger partial charge is 0.481 e. The summed E-state index contributed by atoms with van der Waals surface area (Å²) in [6.07, 6.45) is -2.70. The maximum absolute atomic E-state index is 12.1. The molecule has 0 radical (unpaired) electrons. The van der Waals surface area contributed by atoms with E-state index in [0.29, 0.717) is 11.3 Å². The van der Waals surface area contributed by atoms with Gasteiger partial charge in [0.1, 0.15) is 10.4 Å². The highest BCUT2D eigenvalue weighted by molar-refractivity contribution is 7.11. The lowest BCUT2D eigenvalue weighted by Gasteiger charge is -2.13. The molecular weight excluding hydrogens is 214 g/mol. The second kappa shape index (κ2) is 3.56. The Labute approximate surface area is 82.6 Å². The minimum atomic E-state index is -2.70. The van der Waals surface area contributed by atoms with Gasteiger partial charge in [0, 0.05) is 0 Å². The monoisotopic (exact) mass is 222 g/mol. The molecule has 0 aliphatic carbocycles. The molecule has 0 unspecified atom stereocenters. The average molecular weight is 222 g/mol. The molecule has 4 nitrogen and oxygen atoms in total. The fourth-order valence-corrected chi connectivity index (χ4v) is 1.46. The van der Waals surface area contributed by atoms with Crippen LogP contribution >= 0.6 is 11.3 Å². The number of carbonyl (C=O) groups is 1. The van der Waals surface area contributed by atoms with Crippen LogP contribution in [0.5, 0.6) is 0 Å². The summed E-state index contributed by atoms with van der Waals surface area (Å²) in [5.74, 6) is -1.12. The zero-order valence-electron chi connectivity index (χ0n) is 7.49. The molecule has 1 aromatic rings. The van der Waals surface area contributed by atoms with Crippen LogP contribution in [0.15, 0.2) is 0 Å². The van der Waals surface area contributed by atoms with E-state index in [-0.39, 0.29) is 5.01 Å². The third kappa shape index (κ3) is 1.87. The first-order chi connectivity index (χ1) is 6.35. The topological polar surface area (TPSA) is 63.1 Å². The standard InChI is InChI=1S/C7H8F2N2O2S/c1-7(2,6(12)13)5-11-10-4(14-5)3(8)9/h3H,1-2H3,(H,12,13). The molecule has 0 aliphatic rings. The van der Waals surface area contributed by atoms with Gasteiger partial charge in [0.05, 0.1) is 0 Å². The summed E-state index contributed by atoms with van der Waals surface area (Å²) in [6.45, 7) is 2.79. The van der Waals surface area contributed by atoms with Gasteiger partial charge >= 0.3 is 5.97 Å². The van der Waals surface area contributed by atoms with E-state index in [2.05, 4.69) is 10.2 Å². The molecule has 1 aromatic heterocycles. The molecule has 78 valence electrons. The highest BCUT2D eigenvalue weighted by atomic mass is 32.1. The third-order valence-corrected chi connectivity index (χ3v) is 2.95. The minimum absolute atomic E-state index is 0.0836. The van der Waals surface area contributed by atoms with Crippen molar-refractivity contribution in [3.63, 3.8) is 0 Å². The Balaban J connectivity index is 3.03. The predicted octanol–water partition coefficient (Wildman–Crippen LogP) is 1.84. The Morgan fingerprint density at radius 3 is 2.43 bits per heavy atom. The van der Waals surface area contributed by atoms with Crippen molar-refractivity contribution in [3.05, 3.63) is 10.0 Å². The molecule has 0 saturated heterocycles. The van der Waals surface area contributed by atoms with E-state index in [9.17, 15) is 13.6 Å². The van der Waals surface area contributed by atoms with E-state index in [1.165, 1.54) is 13.8 Å². The number of carboxylic acids is 1. The molecule has 0 bridgehead atoms. The van der Waals surface area contributed by atoms with Gasteiger partial charge in [-0.05, 0) is 13.8 Å². The van der Waals surface area contributed by atoms with Gasteiger partial charge in [-0.25, -0.2) is 8.78 Å². The van der Waals surface area contributed by atoms with Crippen LogP contribution < -0.4 is 0 Å². The summed E-state index contributed by atoms with van der Waals surface area (Å²) < 4.78 is 24.3. The van der Waals surface area contributed by atoms with Crippen molar-refractivity contribution in [3.8, 4) is 0 Å². The molecule has 0 aliphatic heterocycles. The van der Waals surface area contributed by atoms with E-state index in [1.54, 1.807) is 0 Å². The van der Waals surface area contributed by atoms with Gasteiger partial charge in [-0.1, -0.05) is 11.3 Å². The Hall–Kier alpha value is -1.11. The van der Waals surface area contributed by atoms with E-state index in [1.807, 2.05) is 0 Å². The van der Waals surface area contributed by atoms with Crippen molar-refractivity contribution < 1.29 is 18.7 Å². The summed E-state index contributed by atoms with van der Waals surface area (Å²) >= 11 is 0.623. The number of nitrogens with zero attached hydrogens (tertiary/aromatic N) is 2. The molecule has 1 N–H and O–H groups in total. The summed E-state index contributed by atoms with van der Waals surface area (Å²) in [5, 5.41) is 15.1. The fourth-order valence-electron chi connectivity index (χ4n) is 0.667. The van der Waals surface area contributed by atoms with Gasteiger partial charge < -0.3 is 5.11 Å². The number of hydrogen-bond donors (Lipinski definition) is 1. The first kappa shape index (κ1) is 11.0. The smallest absolute Gasteiger partial charge is 0.316 e. The number of carboxylic acid groups (broad SMARTS) is 1. The van der Waals surface area contributed by atoms with E-state index >= 15 is 0 Å². The Kier molecular flexibility index (Phi) is 2.79. The molecule has 1 rings (SSSR count). The van der Waals surface area contributed by atoms with Crippen molar-refractivity contribution in [1.29, 1.82) is 0 Å². The molecule has 0 saturated carbocycles. The molecule has 1 heterocycles. The van der Waals surface area contributed by atoms with Crippen LogP contribution in [-0.4, -0.2) is 21.3 Å². The molecule has 0 spiro atoms. The van der Waals surface area contributed by atoms with Crippen molar-refractivity contribution in [2.75, 3.05) is 0 Å². The van der Waals surface area contributed by atoms with Crippen LogP contribution in [-0.2, 0) is 10.2 Å². The molecule has 0 aromatic carbocycles. The third-order valence-electron chi connectivity index (χ3n) is 1.70. The number of aromatic nitrogens is 2. The summed E-state index contributed by atoms with van der Waals surface area (Å²) in [6, 6.07) is 0.